The summed E-state index contributed by atoms with van der Waals surface area (Å²) in [6, 6.07) is 18.2. The van der Waals surface area contributed by atoms with Gasteiger partial charge in [0.15, 0.2) is 17.1 Å². The van der Waals surface area contributed by atoms with Crippen LogP contribution in [0.5, 0.6) is 5.75 Å². The highest BCUT2D eigenvalue weighted by Gasteiger charge is 2.27. The second-order valence-electron chi connectivity index (χ2n) is 13.2. The van der Waals surface area contributed by atoms with Gasteiger partial charge >= 0.3 is 0 Å². The van der Waals surface area contributed by atoms with Crippen LogP contribution in [-0.4, -0.2) is 52.8 Å². The van der Waals surface area contributed by atoms with Crippen LogP contribution in [0.4, 0.5) is 34.1 Å². The van der Waals surface area contributed by atoms with Gasteiger partial charge in [0.1, 0.15) is 5.75 Å². The van der Waals surface area contributed by atoms with Gasteiger partial charge in [0.25, 0.3) is 23.6 Å². The van der Waals surface area contributed by atoms with Gasteiger partial charge in [0, 0.05) is 11.8 Å². The van der Waals surface area contributed by atoms with E-state index < -0.39 is 52.8 Å². The molecule has 3 unspecified atom stereocenters. The van der Waals surface area contributed by atoms with Crippen LogP contribution < -0.4 is 26.0 Å². The topological polar surface area (TPSA) is 209 Å². The van der Waals surface area contributed by atoms with Crippen molar-refractivity contribution in [2.24, 2.45) is 20.5 Å². The Hall–Kier alpha value is -5.65. The van der Waals surface area contributed by atoms with Crippen molar-refractivity contribution >= 4 is 151 Å². The van der Waals surface area contributed by atoms with Gasteiger partial charge in [-0.1, -0.05) is 93.3 Å². The van der Waals surface area contributed by atoms with Crippen LogP contribution in [0.25, 0.3) is 0 Å². The van der Waals surface area contributed by atoms with Gasteiger partial charge in [-0.25, -0.2) is 0 Å². The van der Waals surface area contributed by atoms with E-state index in [2.05, 4.69) is 41.7 Å². The lowest BCUT2D eigenvalue weighted by molar-refractivity contribution is -0.127. The van der Waals surface area contributed by atoms with E-state index in [9.17, 15) is 28.8 Å². The van der Waals surface area contributed by atoms with Gasteiger partial charge in [-0.3, -0.25) is 28.8 Å². The number of ether oxygens (including phenoxy) is 1. The lowest BCUT2D eigenvalue weighted by atomic mass is 10.1. The van der Waals surface area contributed by atoms with Crippen molar-refractivity contribution in [2.45, 2.75) is 38.4 Å². The highest BCUT2D eigenvalue weighted by atomic mass is 35.5. The van der Waals surface area contributed by atoms with E-state index >= 15 is 0 Å². The molecule has 0 aliphatic rings. The summed E-state index contributed by atoms with van der Waals surface area (Å²) in [5.41, 5.74) is -0.242. The summed E-state index contributed by atoms with van der Waals surface area (Å²) < 4.78 is 5.67. The number of ketones is 2. The number of Topliss-reactive ketones (excluding diaryl/α,β-unsaturated/α-hetero) is 2. The van der Waals surface area contributed by atoms with Crippen LogP contribution in [0.2, 0.25) is 30.1 Å². The number of anilines is 4. The predicted molar refractivity (Wildman–Crippen MR) is 249 cm³/mol. The molecule has 3 atom stereocenters. The fraction of sp³-hybridized carbons (Fsp3) is 0.143. The SMILES string of the molecule is CC(=O)C(N=Nc1ccc(Cl)c(C(=O)Nc2cccc(Cl)c2Cl)c1)C(=O)Nc1ccc(NC(=O)C(N=Nc2ccc(Cl)c(C(=O)Nc3cccc(Cl)c3Cl)c2)C(C)=O)c(OC(C)Cl)c1. The number of carbonyl (C=O) groups excluding carboxylic acids is 6. The minimum absolute atomic E-state index is 0.0114. The monoisotopic (exact) mass is 1000 g/mol. The van der Waals surface area contributed by atoms with Crippen LogP contribution in [-0.2, 0) is 19.2 Å². The first kappa shape index (κ1) is 49.4. The molecule has 4 N–H and O–H groups in total. The van der Waals surface area contributed by atoms with Crippen molar-refractivity contribution in [3.8, 4) is 5.75 Å². The standard InChI is InChI=1S/C42H31Cl7N8O7/c1-19(58)37(56-54-23-10-13-27(44)25(16-23)39(60)52-32-8-4-6-29(46)35(32)48)41(62)50-22-12-15-31(34(18-22)64-21(3)43)51-42(63)38(20(2)59)57-55-24-11-14-28(45)26(17-24)40(61)53-33-9-5-7-30(47)36(33)49/h4-18,21,37-38H,1-3H3,(H,50,62)(H,51,63)(H,52,60)(H,53,61). The van der Waals surface area contributed by atoms with Crippen molar-refractivity contribution in [3.63, 3.8) is 0 Å². The number of carbonyl (C=O) groups is 6. The molecule has 5 aromatic rings. The lowest BCUT2D eigenvalue weighted by Gasteiger charge is -2.17. The molecular weight excluding hydrogens is 977 g/mol. The maximum Gasteiger partial charge on any atom is 0.258 e. The third-order valence-electron chi connectivity index (χ3n) is 8.43. The zero-order valence-electron chi connectivity index (χ0n) is 33.2. The number of benzene rings is 5. The van der Waals surface area contributed by atoms with Crippen molar-refractivity contribution < 1.29 is 33.5 Å². The van der Waals surface area contributed by atoms with Crippen LogP contribution >= 0.6 is 81.2 Å². The number of azo groups is 2. The van der Waals surface area contributed by atoms with Crippen LogP contribution in [0.3, 0.4) is 0 Å². The third kappa shape index (κ3) is 13.0. The molecule has 0 bridgehead atoms. The Morgan fingerprint density at radius 1 is 0.531 bits per heavy atom. The Morgan fingerprint density at radius 3 is 1.42 bits per heavy atom. The number of rotatable bonds is 16. The Balaban J connectivity index is 1.30. The highest BCUT2D eigenvalue weighted by molar-refractivity contribution is 6.45. The molecule has 0 aromatic heterocycles. The molecule has 64 heavy (non-hydrogen) atoms. The minimum Gasteiger partial charge on any atom is -0.473 e. The normalized spacial score (nSPS) is 12.6. The molecule has 4 amide bonds. The summed E-state index contributed by atoms with van der Waals surface area (Å²) in [4.78, 5) is 78.2. The second-order valence-corrected chi connectivity index (χ2v) is 16.2. The summed E-state index contributed by atoms with van der Waals surface area (Å²) in [6.07, 6.45) is 0. The minimum atomic E-state index is -1.67. The number of nitrogens with one attached hydrogen (secondary N) is 4. The van der Waals surface area contributed by atoms with Crippen molar-refractivity contribution in [1.29, 1.82) is 0 Å². The van der Waals surface area contributed by atoms with Gasteiger partial charge in [-0.15, -0.1) is 0 Å². The summed E-state index contributed by atoms with van der Waals surface area (Å²) >= 11 is 43.2. The van der Waals surface area contributed by atoms with Crippen LogP contribution in [0, 0.1) is 0 Å². The number of halogens is 7. The number of nitrogens with zero attached hydrogens (tertiary/aromatic N) is 4. The zero-order valence-corrected chi connectivity index (χ0v) is 38.5. The first-order chi connectivity index (χ1) is 30.3. The molecular formula is C42H31Cl7N8O7. The number of amides is 4. The van der Waals surface area contributed by atoms with Gasteiger partial charge in [0.2, 0.25) is 12.1 Å². The maximum atomic E-state index is 13.5. The van der Waals surface area contributed by atoms with Gasteiger partial charge in [0.05, 0.1) is 69.7 Å². The maximum absolute atomic E-state index is 13.5. The number of alkyl halides is 1. The van der Waals surface area contributed by atoms with E-state index in [0.717, 1.165) is 13.8 Å². The Labute approximate surface area is 399 Å². The first-order valence-electron chi connectivity index (χ1n) is 18.3. The molecule has 22 heteroatoms. The van der Waals surface area contributed by atoms with E-state index in [4.69, 9.17) is 85.9 Å². The molecule has 0 saturated carbocycles. The molecule has 0 saturated heterocycles. The largest absolute Gasteiger partial charge is 0.473 e. The Kier molecular flexibility index (Phi) is 17.2. The predicted octanol–water partition coefficient (Wildman–Crippen LogP) is 12.4. The molecule has 330 valence electrons. The quantitative estimate of drug-likeness (QED) is 0.0426. The van der Waals surface area contributed by atoms with Crippen LogP contribution in [0.15, 0.2) is 111 Å². The van der Waals surface area contributed by atoms with Gasteiger partial charge in [-0.2, -0.15) is 20.5 Å². The molecule has 0 heterocycles. The summed E-state index contributed by atoms with van der Waals surface area (Å²) in [5.74, 6) is -4.52. The zero-order chi connectivity index (χ0) is 46.8. The van der Waals surface area contributed by atoms with Crippen molar-refractivity contribution in [3.05, 3.63) is 132 Å². The smallest absolute Gasteiger partial charge is 0.258 e. The molecule has 0 aliphatic carbocycles. The lowest BCUT2D eigenvalue weighted by Crippen LogP contribution is -2.32. The first-order valence-corrected chi connectivity index (χ1v) is 21.0. The Bertz CT molecular complexity index is 2740. The average Bonchev–Trinajstić information content (AvgIpc) is 3.23. The third-order valence-corrected chi connectivity index (χ3v) is 10.8. The molecule has 0 spiro atoms. The molecule has 0 aliphatic heterocycles. The van der Waals surface area contributed by atoms with Crippen molar-refractivity contribution in [2.75, 3.05) is 21.3 Å². The van der Waals surface area contributed by atoms with Gasteiger partial charge in [-0.05, 0) is 93.6 Å². The van der Waals surface area contributed by atoms with Crippen molar-refractivity contribution in [1.82, 2.24) is 0 Å². The average molecular weight is 1010 g/mol. The summed E-state index contributed by atoms with van der Waals surface area (Å²) in [6.45, 7) is 3.74. The van der Waals surface area contributed by atoms with E-state index in [1.54, 1.807) is 36.4 Å². The molecule has 0 radical (unpaired) electrons. The fourth-order valence-electron chi connectivity index (χ4n) is 5.35. The number of hydrogen-bond acceptors (Lipinski definition) is 11. The van der Waals surface area contributed by atoms with E-state index in [1.165, 1.54) is 61.5 Å². The fourth-order valence-corrected chi connectivity index (χ4v) is 6.55. The molecule has 0 fully saturated rings. The van der Waals surface area contributed by atoms with Gasteiger partial charge < -0.3 is 26.0 Å². The molecule has 5 rings (SSSR count). The van der Waals surface area contributed by atoms with E-state index in [0.29, 0.717) is 0 Å². The highest BCUT2D eigenvalue weighted by Crippen LogP contribution is 2.34. The van der Waals surface area contributed by atoms with E-state index in [-0.39, 0.29) is 81.1 Å². The molecule has 5 aromatic carbocycles. The second kappa shape index (κ2) is 22.3. The summed E-state index contributed by atoms with van der Waals surface area (Å²) in [7, 11) is 0. The molecule has 15 nitrogen and oxygen atoms in total. The van der Waals surface area contributed by atoms with E-state index in [1.807, 2.05) is 0 Å². The Morgan fingerprint density at radius 2 is 0.984 bits per heavy atom. The number of hydrogen-bond donors (Lipinski definition) is 4. The summed E-state index contributed by atoms with van der Waals surface area (Å²) in [5, 5.41) is 27.0. The van der Waals surface area contributed by atoms with Crippen LogP contribution in [0.1, 0.15) is 41.5 Å².